The Kier molecular flexibility index (Phi) is 3.95. The molecule has 2 nitrogen and oxygen atoms in total. The van der Waals surface area contributed by atoms with Crippen LogP contribution < -0.4 is 5.32 Å². The highest BCUT2D eigenvalue weighted by atomic mass is 35.5. The van der Waals surface area contributed by atoms with E-state index >= 15 is 0 Å². The van der Waals surface area contributed by atoms with Gasteiger partial charge in [0.1, 0.15) is 11.5 Å². The fourth-order valence-electron chi connectivity index (χ4n) is 1.52. The Morgan fingerprint density at radius 2 is 1.83 bits per heavy atom. The number of aliphatic imine (C=N–C) groups is 1. The lowest BCUT2D eigenvalue weighted by Crippen LogP contribution is -2.06. The van der Waals surface area contributed by atoms with Gasteiger partial charge in [-0.3, -0.25) is 0 Å². The van der Waals surface area contributed by atoms with Crippen molar-refractivity contribution in [1.82, 2.24) is 0 Å². The molecule has 4 heteroatoms. The second kappa shape index (κ2) is 5.65. The van der Waals surface area contributed by atoms with Gasteiger partial charge < -0.3 is 5.32 Å². The van der Waals surface area contributed by atoms with Gasteiger partial charge in [0.2, 0.25) is 0 Å². The second-order valence-electron chi connectivity index (χ2n) is 3.76. The van der Waals surface area contributed by atoms with Crippen molar-refractivity contribution in [2.75, 3.05) is 5.32 Å². The van der Waals surface area contributed by atoms with E-state index in [1.54, 1.807) is 19.1 Å². The van der Waals surface area contributed by atoms with Gasteiger partial charge in [-0.2, -0.15) is 0 Å². The SMILES string of the molecule is CC(=Nc1cccc(Cl)c1F)Nc1ccccc1. The molecule has 2 aromatic carbocycles. The molecule has 0 saturated carbocycles. The molecule has 0 saturated heterocycles. The van der Waals surface area contributed by atoms with E-state index in [-0.39, 0.29) is 10.7 Å². The van der Waals surface area contributed by atoms with Crippen molar-refractivity contribution in [2.45, 2.75) is 6.92 Å². The highest BCUT2D eigenvalue weighted by molar-refractivity contribution is 6.31. The lowest BCUT2D eigenvalue weighted by molar-refractivity contribution is 0.630. The maximum Gasteiger partial charge on any atom is 0.167 e. The van der Waals surface area contributed by atoms with Gasteiger partial charge in [-0.15, -0.1) is 0 Å². The van der Waals surface area contributed by atoms with E-state index in [1.807, 2.05) is 30.3 Å². The number of nitrogens with zero attached hydrogens (tertiary/aromatic N) is 1. The minimum absolute atomic E-state index is 0.0729. The van der Waals surface area contributed by atoms with Crippen LogP contribution in [0.2, 0.25) is 5.02 Å². The van der Waals surface area contributed by atoms with Crippen LogP contribution in [-0.4, -0.2) is 5.84 Å². The molecule has 0 aliphatic carbocycles. The molecular formula is C14H12ClFN2. The molecule has 0 aromatic heterocycles. The topological polar surface area (TPSA) is 24.4 Å². The minimum atomic E-state index is -0.506. The average Bonchev–Trinajstić information content (AvgIpc) is 2.36. The molecule has 0 spiro atoms. The summed E-state index contributed by atoms with van der Waals surface area (Å²) in [4.78, 5) is 4.16. The highest BCUT2D eigenvalue weighted by Crippen LogP contribution is 2.24. The molecule has 1 N–H and O–H groups in total. The number of anilines is 1. The quantitative estimate of drug-likeness (QED) is 0.619. The Morgan fingerprint density at radius 3 is 2.56 bits per heavy atom. The average molecular weight is 263 g/mol. The summed E-state index contributed by atoms with van der Waals surface area (Å²) in [5.74, 6) is 0.0933. The largest absolute Gasteiger partial charge is 0.344 e. The highest BCUT2D eigenvalue weighted by Gasteiger charge is 2.05. The van der Waals surface area contributed by atoms with Gasteiger partial charge in [0.15, 0.2) is 5.82 Å². The smallest absolute Gasteiger partial charge is 0.167 e. The molecule has 2 rings (SSSR count). The lowest BCUT2D eigenvalue weighted by atomic mass is 10.3. The number of halogens is 2. The molecule has 2 aromatic rings. The van der Waals surface area contributed by atoms with Gasteiger partial charge in [0.25, 0.3) is 0 Å². The van der Waals surface area contributed by atoms with E-state index in [4.69, 9.17) is 11.6 Å². The van der Waals surface area contributed by atoms with Gasteiger partial charge >= 0.3 is 0 Å². The Morgan fingerprint density at radius 1 is 1.11 bits per heavy atom. The predicted octanol–water partition coefficient (Wildman–Crippen LogP) is 4.64. The van der Waals surface area contributed by atoms with E-state index in [2.05, 4.69) is 10.3 Å². The van der Waals surface area contributed by atoms with Crippen LogP contribution in [0.1, 0.15) is 6.92 Å². The van der Waals surface area contributed by atoms with Crippen LogP contribution >= 0.6 is 11.6 Å². The zero-order valence-electron chi connectivity index (χ0n) is 9.82. The summed E-state index contributed by atoms with van der Waals surface area (Å²) in [6.07, 6.45) is 0. The van der Waals surface area contributed by atoms with Crippen LogP contribution in [0.5, 0.6) is 0 Å². The summed E-state index contributed by atoms with van der Waals surface area (Å²) in [5.41, 5.74) is 1.13. The van der Waals surface area contributed by atoms with Crippen molar-refractivity contribution in [3.63, 3.8) is 0 Å². The van der Waals surface area contributed by atoms with Crippen LogP contribution in [0.25, 0.3) is 0 Å². The van der Waals surface area contributed by atoms with Crippen molar-refractivity contribution in [1.29, 1.82) is 0 Å². The van der Waals surface area contributed by atoms with Crippen molar-refractivity contribution in [2.24, 2.45) is 4.99 Å². The van der Waals surface area contributed by atoms with Crippen LogP contribution in [0, 0.1) is 5.82 Å². The van der Waals surface area contributed by atoms with Gasteiger partial charge in [0, 0.05) is 5.69 Å². The Hall–Kier alpha value is -1.87. The van der Waals surface area contributed by atoms with Crippen LogP contribution in [-0.2, 0) is 0 Å². The molecule has 0 amide bonds. The van der Waals surface area contributed by atoms with E-state index in [9.17, 15) is 4.39 Å². The zero-order chi connectivity index (χ0) is 13.0. The summed E-state index contributed by atoms with van der Waals surface area (Å²) in [6.45, 7) is 1.77. The standard InChI is InChI=1S/C14H12ClFN2/c1-10(17-11-6-3-2-4-7-11)18-13-9-5-8-12(15)14(13)16/h2-9H,1H3,(H,17,18). The van der Waals surface area contributed by atoms with Crippen molar-refractivity contribution >= 4 is 28.8 Å². The third kappa shape index (κ3) is 3.08. The van der Waals surface area contributed by atoms with E-state index in [0.29, 0.717) is 5.84 Å². The van der Waals surface area contributed by atoms with Gasteiger partial charge in [-0.25, -0.2) is 9.38 Å². The Labute approximate surface area is 110 Å². The second-order valence-corrected chi connectivity index (χ2v) is 4.17. The summed E-state index contributed by atoms with van der Waals surface area (Å²) in [5, 5.41) is 3.15. The minimum Gasteiger partial charge on any atom is -0.344 e. The molecule has 0 fully saturated rings. The first kappa shape index (κ1) is 12.6. The van der Waals surface area contributed by atoms with Crippen LogP contribution in [0.3, 0.4) is 0 Å². The summed E-state index contributed by atoms with van der Waals surface area (Å²) in [7, 11) is 0. The maximum absolute atomic E-state index is 13.6. The fraction of sp³-hybridized carbons (Fsp3) is 0.0714. The number of benzene rings is 2. The fourth-order valence-corrected chi connectivity index (χ4v) is 1.69. The molecule has 0 heterocycles. The molecule has 0 bridgehead atoms. The van der Waals surface area contributed by atoms with Gasteiger partial charge in [-0.05, 0) is 31.2 Å². The summed E-state index contributed by atoms with van der Waals surface area (Å²) >= 11 is 5.69. The van der Waals surface area contributed by atoms with Crippen molar-refractivity contribution in [3.05, 3.63) is 59.4 Å². The molecule has 0 radical (unpaired) electrons. The number of hydrogen-bond acceptors (Lipinski definition) is 1. The zero-order valence-corrected chi connectivity index (χ0v) is 10.6. The number of amidine groups is 1. The number of para-hydroxylation sites is 1. The van der Waals surface area contributed by atoms with Gasteiger partial charge in [-0.1, -0.05) is 35.9 Å². The van der Waals surface area contributed by atoms with Crippen molar-refractivity contribution in [3.8, 4) is 0 Å². The summed E-state index contributed by atoms with van der Waals surface area (Å²) < 4.78 is 13.6. The first-order chi connectivity index (χ1) is 8.66. The van der Waals surface area contributed by atoms with Gasteiger partial charge in [0.05, 0.1) is 5.02 Å². The van der Waals surface area contributed by atoms with E-state index < -0.39 is 5.82 Å². The predicted molar refractivity (Wildman–Crippen MR) is 74.2 cm³/mol. The first-order valence-electron chi connectivity index (χ1n) is 5.48. The molecule has 18 heavy (non-hydrogen) atoms. The monoisotopic (exact) mass is 262 g/mol. The van der Waals surface area contributed by atoms with Crippen LogP contribution in [0.4, 0.5) is 15.8 Å². The number of nitrogens with one attached hydrogen (secondary N) is 1. The Balaban J connectivity index is 2.20. The third-order valence-corrected chi connectivity index (χ3v) is 2.61. The molecule has 0 aliphatic rings. The first-order valence-corrected chi connectivity index (χ1v) is 5.86. The molecule has 0 atom stereocenters. The lowest BCUT2D eigenvalue weighted by Gasteiger charge is -2.06. The molecule has 92 valence electrons. The Bertz CT molecular complexity index is 567. The van der Waals surface area contributed by atoms with Crippen LogP contribution in [0.15, 0.2) is 53.5 Å². The number of rotatable bonds is 2. The van der Waals surface area contributed by atoms with Crippen molar-refractivity contribution < 1.29 is 4.39 Å². The third-order valence-electron chi connectivity index (χ3n) is 2.32. The van der Waals surface area contributed by atoms with E-state index in [0.717, 1.165) is 5.69 Å². The molecular weight excluding hydrogens is 251 g/mol. The maximum atomic E-state index is 13.6. The normalized spacial score (nSPS) is 11.4. The summed E-state index contributed by atoms with van der Waals surface area (Å²) in [6, 6.07) is 14.3. The molecule has 0 aliphatic heterocycles. The van der Waals surface area contributed by atoms with E-state index in [1.165, 1.54) is 6.07 Å². The molecule has 0 unspecified atom stereocenters. The number of hydrogen-bond donors (Lipinski definition) is 1.